The molecule has 0 atom stereocenters. The average Bonchev–Trinajstić information content (AvgIpc) is 3.22. The molecule has 4 rings (SSSR count). The zero-order chi connectivity index (χ0) is 15.8. The fraction of sp³-hybridized carbons (Fsp3) is 0.0667. The van der Waals surface area contributed by atoms with Gasteiger partial charge in [-0.1, -0.05) is 17.3 Å². The summed E-state index contributed by atoms with van der Waals surface area (Å²) in [6.07, 6.45) is 1.52. The highest BCUT2D eigenvalue weighted by Gasteiger charge is 2.19. The summed E-state index contributed by atoms with van der Waals surface area (Å²) in [6, 6.07) is 10.6. The van der Waals surface area contributed by atoms with Crippen LogP contribution in [0.2, 0.25) is 0 Å². The maximum absolute atomic E-state index is 12.3. The molecule has 0 aliphatic rings. The monoisotopic (exact) mass is 309 g/mol. The number of carbonyl (C=O) groups excluding carboxylic acids is 1. The van der Waals surface area contributed by atoms with E-state index in [2.05, 4.69) is 20.6 Å². The number of hydrogen-bond donors (Lipinski definition) is 2. The molecule has 1 amide bonds. The zero-order valence-electron chi connectivity index (χ0n) is 11.8. The number of amides is 1. The molecule has 0 aliphatic heterocycles. The highest BCUT2D eigenvalue weighted by molar-refractivity contribution is 5.99. The van der Waals surface area contributed by atoms with Crippen molar-refractivity contribution in [1.29, 1.82) is 0 Å². The quantitative estimate of drug-likeness (QED) is 0.589. The number of rotatable bonds is 3. The van der Waals surface area contributed by atoms with Crippen LogP contribution in [0.4, 0.5) is 0 Å². The molecule has 3 aromatic heterocycles. The first-order chi connectivity index (χ1) is 11.2. The molecule has 0 spiro atoms. The van der Waals surface area contributed by atoms with Crippen molar-refractivity contribution in [2.75, 3.05) is 0 Å². The summed E-state index contributed by atoms with van der Waals surface area (Å²) in [4.78, 5) is 27.3. The van der Waals surface area contributed by atoms with E-state index in [4.69, 9.17) is 4.42 Å². The van der Waals surface area contributed by atoms with Gasteiger partial charge in [0.05, 0.1) is 23.8 Å². The van der Waals surface area contributed by atoms with Gasteiger partial charge in [0.25, 0.3) is 11.5 Å². The molecule has 4 aromatic rings. The highest BCUT2D eigenvalue weighted by atomic mass is 16.3. The molecule has 0 saturated carbocycles. The van der Waals surface area contributed by atoms with E-state index in [-0.39, 0.29) is 17.8 Å². The second-order valence-corrected chi connectivity index (χ2v) is 4.93. The van der Waals surface area contributed by atoms with Crippen molar-refractivity contribution < 1.29 is 9.21 Å². The van der Waals surface area contributed by atoms with Gasteiger partial charge in [-0.15, -0.1) is 5.10 Å². The lowest BCUT2D eigenvalue weighted by Crippen LogP contribution is -2.25. The normalized spacial score (nSPS) is 11.1. The van der Waals surface area contributed by atoms with Crippen LogP contribution in [0.25, 0.3) is 16.6 Å². The van der Waals surface area contributed by atoms with Crippen LogP contribution in [-0.4, -0.2) is 25.7 Å². The van der Waals surface area contributed by atoms with Crippen molar-refractivity contribution >= 4 is 22.5 Å². The topological polar surface area (TPSA) is 105 Å². The number of furan rings is 1. The summed E-state index contributed by atoms with van der Waals surface area (Å²) < 4.78 is 6.52. The number of nitrogens with one attached hydrogen (secondary N) is 2. The molecule has 8 heteroatoms. The molecular weight excluding hydrogens is 298 g/mol. The summed E-state index contributed by atoms with van der Waals surface area (Å²) in [7, 11) is 0. The number of nitrogens with zero attached hydrogens (tertiary/aromatic N) is 3. The van der Waals surface area contributed by atoms with Gasteiger partial charge in [0.15, 0.2) is 11.2 Å². The fourth-order valence-corrected chi connectivity index (χ4v) is 2.42. The van der Waals surface area contributed by atoms with Crippen LogP contribution in [0.5, 0.6) is 0 Å². The Morgan fingerprint density at radius 3 is 2.96 bits per heavy atom. The van der Waals surface area contributed by atoms with Gasteiger partial charge in [-0.25, -0.2) is 4.52 Å². The maximum Gasteiger partial charge on any atom is 0.277 e. The third kappa shape index (κ3) is 2.16. The Bertz CT molecular complexity index is 1060. The van der Waals surface area contributed by atoms with Crippen molar-refractivity contribution in [2.45, 2.75) is 6.54 Å². The van der Waals surface area contributed by atoms with E-state index in [1.807, 2.05) is 6.07 Å². The number of carbonyl (C=O) groups is 1. The lowest BCUT2D eigenvalue weighted by Gasteiger charge is -2.02. The lowest BCUT2D eigenvalue weighted by atomic mass is 10.3. The van der Waals surface area contributed by atoms with Gasteiger partial charge in [0, 0.05) is 0 Å². The van der Waals surface area contributed by atoms with Crippen LogP contribution in [0, 0.1) is 0 Å². The van der Waals surface area contributed by atoms with Gasteiger partial charge in [-0.3, -0.25) is 9.59 Å². The number of hydrogen-bond acceptors (Lipinski definition) is 5. The van der Waals surface area contributed by atoms with Gasteiger partial charge < -0.3 is 14.7 Å². The molecule has 0 bridgehead atoms. The second-order valence-electron chi connectivity index (χ2n) is 4.93. The minimum Gasteiger partial charge on any atom is -0.467 e. The molecule has 0 saturated heterocycles. The first-order valence-electron chi connectivity index (χ1n) is 6.91. The fourth-order valence-electron chi connectivity index (χ4n) is 2.42. The maximum atomic E-state index is 12.3. The van der Waals surface area contributed by atoms with E-state index in [1.54, 1.807) is 30.3 Å². The Morgan fingerprint density at radius 1 is 1.26 bits per heavy atom. The summed E-state index contributed by atoms with van der Waals surface area (Å²) in [5, 5.41) is 10.4. The predicted molar refractivity (Wildman–Crippen MR) is 81.0 cm³/mol. The van der Waals surface area contributed by atoms with E-state index in [1.165, 1.54) is 10.8 Å². The lowest BCUT2D eigenvalue weighted by molar-refractivity contribution is 0.0944. The van der Waals surface area contributed by atoms with Crippen LogP contribution in [-0.2, 0) is 6.54 Å². The van der Waals surface area contributed by atoms with Crippen LogP contribution in [0.1, 0.15) is 16.2 Å². The molecule has 1 aromatic carbocycles. The molecule has 0 unspecified atom stereocenters. The van der Waals surface area contributed by atoms with Gasteiger partial charge >= 0.3 is 0 Å². The minimum absolute atomic E-state index is 0.0245. The van der Waals surface area contributed by atoms with Crippen molar-refractivity contribution in [1.82, 2.24) is 25.1 Å². The van der Waals surface area contributed by atoms with Crippen LogP contribution in [0.15, 0.2) is 51.9 Å². The molecule has 2 N–H and O–H groups in total. The Morgan fingerprint density at radius 2 is 2.13 bits per heavy atom. The Balaban J connectivity index is 1.77. The van der Waals surface area contributed by atoms with Gasteiger partial charge in [0.1, 0.15) is 5.76 Å². The largest absolute Gasteiger partial charge is 0.467 e. The highest BCUT2D eigenvalue weighted by Crippen LogP contribution is 2.12. The zero-order valence-corrected chi connectivity index (χ0v) is 11.8. The third-order valence-electron chi connectivity index (χ3n) is 3.48. The Kier molecular flexibility index (Phi) is 2.94. The molecule has 3 heterocycles. The number of aromatic amines is 1. The van der Waals surface area contributed by atoms with E-state index in [9.17, 15) is 9.59 Å². The van der Waals surface area contributed by atoms with Crippen molar-refractivity contribution in [3.8, 4) is 0 Å². The van der Waals surface area contributed by atoms with E-state index in [0.29, 0.717) is 16.8 Å². The number of para-hydroxylation sites is 2. The molecule has 0 fully saturated rings. The van der Waals surface area contributed by atoms with Crippen LogP contribution < -0.4 is 10.9 Å². The summed E-state index contributed by atoms with van der Waals surface area (Å²) in [6.45, 7) is 0.205. The van der Waals surface area contributed by atoms with Crippen molar-refractivity contribution in [2.24, 2.45) is 0 Å². The SMILES string of the molecule is O=C(NCc1ccco1)c1nnn2c1c(=O)[nH]c1ccccc12. The van der Waals surface area contributed by atoms with Gasteiger partial charge in [-0.2, -0.15) is 0 Å². The molecule has 114 valence electrons. The first-order valence-corrected chi connectivity index (χ1v) is 6.91. The predicted octanol–water partition coefficient (Wildman–Crippen LogP) is 1.09. The van der Waals surface area contributed by atoms with Crippen molar-refractivity contribution in [3.63, 3.8) is 0 Å². The second kappa shape index (κ2) is 5.09. The smallest absolute Gasteiger partial charge is 0.277 e. The molecular formula is C15H11N5O3. The Labute approximate surface area is 128 Å². The van der Waals surface area contributed by atoms with E-state index >= 15 is 0 Å². The van der Waals surface area contributed by atoms with Crippen molar-refractivity contribution in [3.05, 3.63) is 64.5 Å². The standard InChI is InChI=1S/C15H11N5O3/c21-14(16-8-9-4-3-7-23-9)12-13-15(22)17-10-5-1-2-6-11(10)20(13)19-18-12/h1-7H,8H2,(H,16,21)(H,17,22). The van der Waals surface area contributed by atoms with E-state index < -0.39 is 11.5 Å². The molecule has 0 radical (unpaired) electrons. The summed E-state index contributed by atoms with van der Waals surface area (Å²) in [5.74, 6) is 0.117. The van der Waals surface area contributed by atoms with Crippen LogP contribution >= 0.6 is 0 Å². The number of aromatic nitrogens is 4. The number of benzene rings is 1. The summed E-state index contributed by atoms with van der Waals surface area (Å²) >= 11 is 0. The summed E-state index contributed by atoms with van der Waals surface area (Å²) in [5.41, 5.74) is 0.957. The molecule has 8 nitrogen and oxygen atoms in total. The molecule has 23 heavy (non-hydrogen) atoms. The molecule has 0 aliphatic carbocycles. The van der Waals surface area contributed by atoms with E-state index in [0.717, 1.165) is 0 Å². The number of fused-ring (bicyclic) bond motifs is 3. The first kappa shape index (κ1) is 13.3. The Hall–Kier alpha value is -3.42. The van der Waals surface area contributed by atoms with Gasteiger partial charge in [0.2, 0.25) is 0 Å². The van der Waals surface area contributed by atoms with Crippen LogP contribution in [0.3, 0.4) is 0 Å². The average molecular weight is 309 g/mol. The van der Waals surface area contributed by atoms with Gasteiger partial charge in [-0.05, 0) is 24.3 Å². The number of H-pyrrole nitrogens is 1. The third-order valence-corrected chi connectivity index (χ3v) is 3.48. The minimum atomic E-state index is -0.489.